The third-order valence-corrected chi connectivity index (χ3v) is 12.4. The van der Waals surface area contributed by atoms with E-state index in [0.29, 0.717) is 6.61 Å². The molecule has 5 heteroatoms. The lowest BCUT2D eigenvalue weighted by atomic mass is 9.69. The van der Waals surface area contributed by atoms with Crippen LogP contribution in [0.15, 0.2) is 42.5 Å². The van der Waals surface area contributed by atoms with Gasteiger partial charge in [-0.1, -0.05) is 77.1 Å². The van der Waals surface area contributed by atoms with Crippen LogP contribution in [0, 0.1) is 17.8 Å². The van der Waals surface area contributed by atoms with E-state index in [2.05, 4.69) is 59.9 Å². The summed E-state index contributed by atoms with van der Waals surface area (Å²) in [6, 6.07) is 10.1. The number of ketones is 1. The molecular formula is C27H42O4Si. The van der Waals surface area contributed by atoms with E-state index in [1.807, 2.05) is 44.2 Å². The molecule has 1 aromatic rings. The van der Waals surface area contributed by atoms with Gasteiger partial charge >= 0.3 is 0 Å². The fourth-order valence-corrected chi connectivity index (χ4v) is 6.45. The van der Waals surface area contributed by atoms with Gasteiger partial charge in [0.25, 0.3) is 0 Å². The Labute approximate surface area is 195 Å². The van der Waals surface area contributed by atoms with Crippen LogP contribution in [0.2, 0.25) is 18.1 Å². The van der Waals surface area contributed by atoms with Gasteiger partial charge in [0.15, 0.2) is 19.7 Å². The summed E-state index contributed by atoms with van der Waals surface area (Å²) in [6.45, 7) is 20.0. The first-order valence-electron chi connectivity index (χ1n) is 12.0. The Kier molecular flexibility index (Phi) is 7.26. The number of ether oxygens (including phenoxy) is 2. The van der Waals surface area contributed by atoms with Crippen molar-refractivity contribution in [2.75, 3.05) is 0 Å². The Balaban J connectivity index is 1.85. The first-order chi connectivity index (χ1) is 14.8. The predicted molar refractivity (Wildman–Crippen MR) is 132 cm³/mol. The van der Waals surface area contributed by atoms with Gasteiger partial charge in [-0.05, 0) is 43.5 Å². The summed E-state index contributed by atoms with van der Waals surface area (Å²) < 4.78 is 19.7. The topological polar surface area (TPSA) is 44.8 Å². The summed E-state index contributed by atoms with van der Waals surface area (Å²) in [4.78, 5) is 13.8. The van der Waals surface area contributed by atoms with Crippen LogP contribution in [0.4, 0.5) is 0 Å². The second-order valence-corrected chi connectivity index (χ2v) is 16.1. The summed E-state index contributed by atoms with van der Waals surface area (Å²) in [5, 5.41) is 0.0687. The van der Waals surface area contributed by atoms with Gasteiger partial charge < -0.3 is 13.9 Å². The molecule has 2 saturated heterocycles. The maximum absolute atomic E-state index is 13.8. The van der Waals surface area contributed by atoms with Crippen molar-refractivity contribution in [2.45, 2.75) is 97.1 Å². The minimum atomic E-state index is -2.08. The zero-order valence-electron chi connectivity index (χ0n) is 21.3. The number of allylic oxidation sites excluding steroid dienone is 1. The highest BCUT2D eigenvalue weighted by molar-refractivity contribution is 6.74. The predicted octanol–water partition coefficient (Wildman–Crippen LogP) is 6.17. The van der Waals surface area contributed by atoms with E-state index in [-0.39, 0.29) is 46.9 Å². The van der Waals surface area contributed by atoms with E-state index in [4.69, 9.17) is 13.9 Å². The van der Waals surface area contributed by atoms with Crippen molar-refractivity contribution in [3.63, 3.8) is 0 Å². The van der Waals surface area contributed by atoms with Crippen molar-refractivity contribution in [1.29, 1.82) is 0 Å². The molecule has 0 spiro atoms. The van der Waals surface area contributed by atoms with Crippen molar-refractivity contribution in [1.82, 2.24) is 0 Å². The van der Waals surface area contributed by atoms with Gasteiger partial charge in [0.1, 0.15) is 0 Å². The van der Waals surface area contributed by atoms with Gasteiger partial charge in [-0.2, -0.15) is 0 Å². The first kappa shape index (κ1) is 25.4. The van der Waals surface area contributed by atoms with E-state index in [1.165, 1.54) is 0 Å². The average molecular weight is 459 g/mol. The highest BCUT2D eigenvalue weighted by atomic mass is 28.4. The van der Waals surface area contributed by atoms with Gasteiger partial charge in [-0.3, -0.25) is 4.79 Å². The van der Waals surface area contributed by atoms with E-state index in [9.17, 15) is 4.79 Å². The molecule has 7 atom stereocenters. The molecule has 178 valence electrons. The van der Waals surface area contributed by atoms with E-state index in [1.54, 1.807) is 0 Å². The van der Waals surface area contributed by atoms with Crippen LogP contribution in [0.25, 0.3) is 0 Å². The maximum atomic E-state index is 13.8. The Morgan fingerprint density at radius 3 is 2.41 bits per heavy atom. The largest absolute Gasteiger partial charge is 0.413 e. The number of hydrogen-bond acceptors (Lipinski definition) is 4. The number of carbonyl (C=O) groups excluding carboxylic acids is 1. The molecule has 2 fully saturated rings. The molecule has 0 amide bonds. The highest BCUT2D eigenvalue weighted by Crippen LogP contribution is 2.52. The summed E-state index contributed by atoms with van der Waals surface area (Å²) in [7, 11) is -2.08. The van der Waals surface area contributed by atoms with Crippen LogP contribution in [0.5, 0.6) is 0 Å². The van der Waals surface area contributed by atoms with Crippen molar-refractivity contribution < 1.29 is 18.7 Å². The van der Waals surface area contributed by atoms with Crippen molar-refractivity contribution >= 4 is 14.1 Å². The van der Waals surface area contributed by atoms with E-state index < -0.39 is 13.9 Å². The normalized spacial score (nSPS) is 32.6. The van der Waals surface area contributed by atoms with Crippen molar-refractivity contribution in [2.24, 2.45) is 17.8 Å². The zero-order valence-corrected chi connectivity index (χ0v) is 22.3. The number of carbonyl (C=O) groups is 1. The SMILES string of the molecule is C/C=C/[C@@H](C)[C@@H](O[Si](C)(C)C(C)(C)C)[C@H]1C(=O)[C@@]2(C)O[C@@H]1[C@@H](C)[C@@H]2OCc1ccccc1. The van der Waals surface area contributed by atoms with Crippen LogP contribution in [-0.2, 0) is 25.3 Å². The van der Waals surface area contributed by atoms with Crippen LogP contribution >= 0.6 is 0 Å². The molecule has 2 aliphatic rings. The summed E-state index contributed by atoms with van der Waals surface area (Å²) in [5.41, 5.74) is 0.185. The Bertz CT molecular complexity index is 828. The lowest BCUT2D eigenvalue weighted by Gasteiger charge is -2.44. The van der Waals surface area contributed by atoms with Crippen molar-refractivity contribution in [3.8, 4) is 0 Å². The molecule has 0 aliphatic carbocycles. The lowest BCUT2D eigenvalue weighted by molar-refractivity contribution is -0.146. The van der Waals surface area contributed by atoms with Crippen LogP contribution in [0.3, 0.4) is 0 Å². The molecule has 0 saturated carbocycles. The maximum Gasteiger partial charge on any atom is 0.192 e. The minimum Gasteiger partial charge on any atom is -0.413 e. The second-order valence-electron chi connectivity index (χ2n) is 11.4. The molecule has 0 aromatic heterocycles. The Morgan fingerprint density at radius 1 is 1.22 bits per heavy atom. The van der Waals surface area contributed by atoms with Gasteiger partial charge in [0.2, 0.25) is 0 Å². The molecule has 2 bridgehead atoms. The summed E-state index contributed by atoms with van der Waals surface area (Å²) >= 11 is 0. The monoisotopic (exact) mass is 458 g/mol. The Morgan fingerprint density at radius 2 is 1.84 bits per heavy atom. The van der Waals surface area contributed by atoms with E-state index in [0.717, 1.165) is 5.56 Å². The Hall–Kier alpha value is -1.27. The fourth-order valence-electron chi connectivity index (χ4n) is 5.05. The van der Waals surface area contributed by atoms with Gasteiger partial charge in [-0.25, -0.2) is 0 Å². The number of Topliss-reactive ketones (excluding diaryl/α,β-unsaturated/α-hetero) is 1. The molecule has 2 heterocycles. The van der Waals surface area contributed by atoms with Gasteiger partial charge in [0.05, 0.1) is 30.8 Å². The number of hydrogen-bond donors (Lipinski definition) is 0. The minimum absolute atomic E-state index is 0.0687. The summed E-state index contributed by atoms with van der Waals surface area (Å²) in [6.07, 6.45) is 3.59. The molecule has 1 aromatic carbocycles. The number of rotatable bonds is 8. The van der Waals surface area contributed by atoms with Gasteiger partial charge in [0, 0.05) is 5.92 Å². The molecule has 0 radical (unpaired) electrons. The molecule has 3 rings (SSSR count). The second kappa shape index (κ2) is 9.17. The van der Waals surface area contributed by atoms with Crippen LogP contribution in [0.1, 0.15) is 54.0 Å². The molecule has 32 heavy (non-hydrogen) atoms. The fraction of sp³-hybridized carbons (Fsp3) is 0.667. The zero-order chi connectivity index (χ0) is 23.9. The molecule has 2 aliphatic heterocycles. The molecule has 4 nitrogen and oxygen atoms in total. The van der Waals surface area contributed by atoms with E-state index >= 15 is 0 Å². The highest BCUT2D eigenvalue weighted by Gasteiger charge is 2.68. The van der Waals surface area contributed by atoms with Crippen LogP contribution < -0.4 is 0 Å². The molecular weight excluding hydrogens is 416 g/mol. The average Bonchev–Trinajstić information content (AvgIpc) is 3.12. The lowest BCUT2D eigenvalue weighted by Crippen LogP contribution is -2.57. The third kappa shape index (κ3) is 4.54. The van der Waals surface area contributed by atoms with Gasteiger partial charge in [-0.15, -0.1) is 0 Å². The molecule has 0 N–H and O–H groups in total. The standard InChI is InChI=1S/C27H42O4Si/c1-10-14-18(2)22(31-32(8,9)26(4,5)6)21-23-19(3)25(27(7,30-23)24(21)28)29-17-20-15-12-11-13-16-20/h10-16,18-19,21-23,25H,17H2,1-9H3/b14-10+/t18-,19-,21-,22-,23-,25+,27-/m1/s1. The summed E-state index contributed by atoms with van der Waals surface area (Å²) in [5.74, 6) is 0.117. The van der Waals surface area contributed by atoms with Crippen molar-refractivity contribution in [3.05, 3.63) is 48.0 Å². The third-order valence-electron chi connectivity index (χ3n) is 7.94. The number of fused-ring (bicyclic) bond motifs is 2. The van der Waals surface area contributed by atoms with Crippen LogP contribution in [-0.4, -0.2) is 38.0 Å². The molecule has 0 unspecified atom stereocenters. The smallest absolute Gasteiger partial charge is 0.192 e. The first-order valence-corrected chi connectivity index (χ1v) is 14.9. The quantitative estimate of drug-likeness (QED) is 0.345. The number of benzene rings is 1.